The van der Waals surface area contributed by atoms with Gasteiger partial charge in [0.25, 0.3) is 0 Å². The highest BCUT2D eigenvalue weighted by Gasteiger charge is 2.64. The fourth-order valence-electron chi connectivity index (χ4n) is 12.9. The van der Waals surface area contributed by atoms with Gasteiger partial charge >= 0.3 is 5.97 Å². The lowest BCUT2D eigenvalue weighted by atomic mass is 9.75. The van der Waals surface area contributed by atoms with Gasteiger partial charge in [0.05, 0.1) is 78.7 Å². The smallest absolute Gasteiger partial charge is 0.308 e. The SMILES string of the molecule is CO[C@@H]1[C@@H](OC)[C@H](C)[C@@](O)(CC(=O)O)O[C@H]1[C@H](C)[C@H]1O[C@@]2(CC[C@](C)([C@@H]3CC[C@](C)([C@@H]4O[C@H]([C@H]5O[C@](C)(OC)[C@H](C)C[C@@H]5C)C[C@H]4O[C@H]4C[C@@H](OC)[C@@H](OC)[C@@H](C)O4)O3)O2)C[C@@H](O)[C@H]1C. The van der Waals surface area contributed by atoms with E-state index in [1.165, 1.54) is 7.11 Å². The van der Waals surface area contributed by atoms with Crippen LogP contribution in [0.4, 0.5) is 0 Å². The summed E-state index contributed by atoms with van der Waals surface area (Å²) < 4.78 is 84.3. The number of carboxylic acids is 1. The zero-order valence-corrected chi connectivity index (χ0v) is 41.4. The molecule has 0 aliphatic carbocycles. The van der Waals surface area contributed by atoms with E-state index in [4.69, 9.17) is 61.6 Å². The molecule has 7 aliphatic heterocycles. The first-order valence-corrected chi connectivity index (χ1v) is 24.2. The molecule has 7 fully saturated rings. The molecular weight excluding hydrogens is 849 g/mol. The van der Waals surface area contributed by atoms with Gasteiger partial charge in [0.1, 0.15) is 18.3 Å². The molecule has 17 nitrogen and oxygen atoms in total. The molecule has 0 radical (unpaired) electrons. The van der Waals surface area contributed by atoms with Gasteiger partial charge in [0, 0.05) is 84.9 Å². The van der Waals surface area contributed by atoms with Crippen molar-refractivity contribution >= 4 is 5.97 Å². The van der Waals surface area contributed by atoms with Gasteiger partial charge < -0.3 is 76.9 Å². The summed E-state index contributed by atoms with van der Waals surface area (Å²) in [6.07, 6.45) is -2.46. The van der Waals surface area contributed by atoms with E-state index in [9.17, 15) is 20.1 Å². The van der Waals surface area contributed by atoms with Crippen molar-refractivity contribution in [2.24, 2.45) is 29.6 Å². The number of methoxy groups -OCH3 is 5. The number of aliphatic hydroxyl groups is 2. The molecule has 0 aromatic carbocycles. The molecule has 376 valence electrons. The highest BCUT2D eigenvalue weighted by Crippen LogP contribution is 2.55. The van der Waals surface area contributed by atoms with E-state index >= 15 is 0 Å². The zero-order chi connectivity index (χ0) is 47.6. The molecule has 0 unspecified atom stereocenters. The van der Waals surface area contributed by atoms with Crippen molar-refractivity contribution in [3.63, 3.8) is 0 Å². The topological polar surface area (TPSA) is 198 Å². The summed E-state index contributed by atoms with van der Waals surface area (Å²) >= 11 is 0. The van der Waals surface area contributed by atoms with Crippen LogP contribution >= 0.6 is 0 Å². The van der Waals surface area contributed by atoms with Crippen molar-refractivity contribution in [1.29, 1.82) is 0 Å². The predicted molar refractivity (Wildman–Crippen MR) is 233 cm³/mol. The predicted octanol–water partition coefficient (Wildman–Crippen LogP) is 4.97. The van der Waals surface area contributed by atoms with E-state index in [-0.39, 0.29) is 60.8 Å². The van der Waals surface area contributed by atoms with Gasteiger partial charge in [-0.2, -0.15) is 0 Å². The second-order valence-corrected chi connectivity index (χ2v) is 21.4. The van der Waals surface area contributed by atoms with E-state index in [2.05, 4.69) is 27.7 Å². The molecule has 0 aromatic heterocycles. The molecule has 0 bridgehead atoms. The van der Waals surface area contributed by atoms with Gasteiger partial charge in [-0.1, -0.05) is 34.6 Å². The molecule has 0 amide bonds. The highest BCUT2D eigenvalue weighted by atomic mass is 16.7. The number of aliphatic hydroxyl groups excluding tert-OH is 1. The second-order valence-electron chi connectivity index (χ2n) is 21.4. The number of carbonyl (C=O) groups is 1. The third-order valence-electron chi connectivity index (χ3n) is 17.2. The quantitative estimate of drug-likeness (QED) is 0.211. The molecule has 0 saturated carbocycles. The Morgan fingerprint density at radius 1 is 0.769 bits per heavy atom. The minimum atomic E-state index is -2.03. The first kappa shape index (κ1) is 51.7. The normalized spacial score (nSPS) is 53.4. The van der Waals surface area contributed by atoms with Gasteiger partial charge in [0.15, 0.2) is 23.7 Å². The fourth-order valence-corrected chi connectivity index (χ4v) is 12.9. The second kappa shape index (κ2) is 19.6. The Bertz CT molecular complexity index is 1620. The van der Waals surface area contributed by atoms with Crippen LogP contribution in [-0.4, -0.2) is 171 Å². The van der Waals surface area contributed by atoms with E-state index in [1.807, 2.05) is 27.7 Å². The van der Waals surface area contributed by atoms with Crippen molar-refractivity contribution in [2.45, 2.75) is 234 Å². The zero-order valence-electron chi connectivity index (χ0n) is 41.4. The monoisotopic (exact) mass is 931 g/mol. The summed E-state index contributed by atoms with van der Waals surface area (Å²) in [5.41, 5.74) is -1.55. The molecule has 7 aliphatic rings. The molecule has 3 N–H and O–H groups in total. The van der Waals surface area contributed by atoms with Crippen molar-refractivity contribution < 1.29 is 81.7 Å². The minimum absolute atomic E-state index is 0.196. The van der Waals surface area contributed by atoms with E-state index in [0.717, 1.165) is 6.42 Å². The van der Waals surface area contributed by atoms with Gasteiger partial charge in [-0.15, -0.1) is 0 Å². The Morgan fingerprint density at radius 2 is 1.46 bits per heavy atom. The maximum Gasteiger partial charge on any atom is 0.308 e. The van der Waals surface area contributed by atoms with E-state index in [1.54, 1.807) is 35.4 Å². The number of aliphatic carboxylic acids is 1. The summed E-state index contributed by atoms with van der Waals surface area (Å²) in [5, 5.41) is 33.1. The Hall–Kier alpha value is -1.13. The van der Waals surface area contributed by atoms with Gasteiger partial charge in [-0.3, -0.25) is 4.79 Å². The van der Waals surface area contributed by atoms with Crippen molar-refractivity contribution in [3.05, 3.63) is 0 Å². The molecule has 0 aromatic rings. The van der Waals surface area contributed by atoms with Crippen LogP contribution in [0.15, 0.2) is 0 Å². The van der Waals surface area contributed by atoms with E-state index < -0.39 is 102 Å². The minimum Gasteiger partial charge on any atom is -0.481 e. The average molecular weight is 931 g/mol. The molecule has 17 heteroatoms. The van der Waals surface area contributed by atoms with Crippen molar-refractivity contribution in [1.82, 2.24) is 0 Å². The maximum atomic E-state index is 11.9. The van der Waals surface area contributed by atoms with Crippen LogP contribution in [0.1, 0.15) is 120 Å². The Balaban J connectivity index is 1.10. The van der Waals surface area contributed by atoms with Crippen molar-refractivity contribution in [3.8, 4) is 0 Å². The van der Waals surface area contributed by atoms with Crippen LogP contribution in [0.5, 0.6) is 0 Å². The summed E-state index contributed by atoms with van der Waals surface area (Å²) in [4.78, 5) is 11.9. The molecule has 65 heavy (non-hydrogen) atoms. The first-order valence-electron chi connectivity index (χ1n) is 24.2. The number of hydrogen-bond donors (Lipinski definition) is 3. The Labute approximate surface area is 386 Å². The fraction of sp³-hybridized carbons (Fsp3) is 0.979. The molecule has 7 heterocycles. The van der Waals surface area contributed by atoms with Crippen molar-refractivity contribution in [2.75, 3.05) is 35.5 Å². The summed E-state index contributed by atoms with van der Waals surface area (Å²) in [6.45, 7) is 18.1. The lowest BCUT2D eigenvalue weighted by Crippen LogP contribution is -2.65. The lowest BCUT2D eigenvalue weighted by Gasteiger charge is -2.53. The summed E-state index contributed by atoms with van der Waals surface area (Å²) in [7, 11) is 8.11. The van der Waals surface area contributed by atoms with Gasteiger partial charge in [0.2, 0.25) is 0 Å². The molecule has 7 saturated heterocycles. The van der Waals surface area contributed by atoms with Crippen LogP contribution in [0.3, 0.4) is 0 Å². The van der Waals surface area contributed by atoms with Crippen LogP contribution in [0.2, 0.25) is 0 Å². The van der Waals surface area contributed by atoms with E-state index in [0.29, 0.717) is 38.5 Å². The van der Waals surface area contributed by atoms with Crippen LogP contribution in [0.25, 0.3) is 0 Å². The molecule has 1 spiro atoms. The number of ether oxygens (including phenoxy) is 13. The number of hydrogen-bond acceptors (Lipinski definition) is 16. The van der Waals surface area contributed by atoms with Crippen LogP contribution < -0.4 is 0 Å². The van der Waals surface area contributed by atoms with Gasteiger partial charge in [-0.25, -0.2) is 0 Å². The number of rotatable bonds is 14. The number of carboxylic acid groups (broad SMARTS) is 1. The Morgan fingerprint density at radius 3 is 2.09 bits per heavy atom. The highest BCUT2D eigenvalue weighted by molar-refractivity contribution is 5.68. The lowest BCUT2D eigenvalue weighted by molar-refractivity contribution is -0.365. The van der Waals surface area contributed by atoms with Gasteiger partial charge in [-0.05, 0) is 59.3 Å². The summed E-state index contributed by atoms with van der Waals surface area (Å²) in [6, 6.07) is 0. The molecule has 7 rings (SSSR count). The standard InChI is InChI=1S/C48H82O17/c1-24-19-25(2)46(9,57-14)62-37(24)32-20-33(59-36-21-31(53-10)41(55-12)29(6)58-36)43(60-32)45(8)16-15-34(61-45)44(7)17-18-47(65-44)22-30(49)26(3)38(63-47)27(4)39-42(56-13)40(54-11)28(5)48(52,64-39)23-35(50)51/h24-34,36-43,49,52H,15-23H2,1-14H3,(H,50,51)/t24-,25+,26+,27+,28-,29+,30+,31+,32-,33+,34-,36-,37-,38-,39-,40-,41-,42-,43+,44+,45+,46-,47+,48+/m0/s1. The Kier molecular flexibility index (Phi) is 15.6. The maximum absolute atomic E-state index is 11.9. The van der Waals surface area contributed by atoms with Crippen LogP contribution in [-0.2, 0) is 66.4 Å². The van der Waals surface area contributed by atoms with Crippen LogP contribution in [0, 0.1) is 29.6 Å². The third-order valence-corrected chi connectivity index (χ3v) is 17.2. The average Bonchev–Trinajstić information content (AvgIpc) is 3.96. The summed E-state index contributed by atoms with van der Waals surface area (Å²) in [5.74, 6) is -6.28. The molecular formula is C48H82O17. The molecule has 24 atom stereocenters. The third kappa shape index (κ3) is 9.71. The first-order chi connectivity index (χ1) is 30.5. The largest absolute Gasteiger partial charge is 0.481 e.